The topological polar surface area (TPSA) is 70.7 Å². The summed E-state index contributed by atoms with van der Waals surface area (Å²) in [4.78, 5) is 24.1. The second kappa shape index (κ2) is 7.13. The predicted molar refractivity (Wildman–Crippen MR) is 102 cm³/mol. The smallest absolute Gasteiger partial charge is 0.234 e. The van der Waals surface area contributed by atoms with Crippen LogP contribution in [0.2, 0.25) is 5.02 Å². The normalized spacial score (nSPS) is 11.0. The Morgan fingerprint density at radius 2 is 2.17 bits per heavy atom. The van der Waals surface area contributed by atoms with Crippen molar-refractivity contribution in [2.75, 3.05) is 11.1 Å². The van der Waals surface area contributed by atoms with E-state index in [0.29, 0.717) is 15.8 Å². The Balaban J connectivity index is 1.67. The molecule has 0 saturated heterocycles. The minimum absolute atomic E-state index is 0.115. The second-order valence-corrected chi connectivity index (χ2v) is 7.44. The summed E-state index contributed by atoms with van der Waals surface area (Å²) in [5, 5.41) is 4.15. The van der Waals surface area contributed by atoms with Gasteiger partial charge < -0.3 is 10.3 Å². The third-order valence-corrected chi connectivity index (χ3v) is 5.55. The van der Waals surface area contributed by atoms with Gasteiger partial charge in [0.05, 0.1) is 17.0 Å². The molecule has 0 aliphatic heterocycles. The molecule has 0 saturated carbocycles. The van der Waals surface area contributed by atoms with Crippen molar-refractivity contribution in [2.45, 2.75) is 19.0 Å². The minimum atomic E-state index is -0.115. The molecule has 0 aliphatic rings. The van der Waals surface area contributed by atoms with E-state index >= 15 is 0 Å². The summed E-state index contributed by atoms with van der Waals surface area (Å²) in [5.41, 5.74) is 3.93. The number of rotatable bonds is 4. The summed E-state index contributed by atoms with van der Waals surface area (Å²) in [6.07, 6.45) is 0. The van der Waals surface area contributed by atoms with Gasteiger partial charge in [-0.15, -0.1) is 0 Å². The number of carbonyl (C=O) groups is 1. The molecule has 0 radical (unpaired) electrons. The fourth-order valence-corrected chi connectivity index (χ4v) is 3.28. The number of hydrogen-bond donors (Lipinski definition) is 2. The number of carbonyl (C=O) groups excluding carboxylic acids is 1. The zero-order valence-electron chi connectivity index (χ0n) is 13.0. The van der Waals surface area contributed by atoms with E-state index < -0.39 is 0 Å². The zero-order valence-corrected chi connectivity index (χ0v) is 16.1. The molecule has 0 fully saturated rings. The van der Waals surface area contributed by atoms with Crippen molar-refractivity contribution in [1.29, 1.82) is 0 Å². The minimum Gasteiger partial charge on any atom is -0.331 e. The molecule has 0 atom stereocenters. The number of anilines is 1. The number of amides is 1. The third-order valence-electron chi connectivity index (χ3n) is 3.46. The average Bonchev–Trinajstić information content (AvgIpc) is 2.92. The van der Waals surface area contributed by atoms with Crippen LogP contribution < -0.4 is 5.32 Å². The molecular formula is C16H14BrClN4OS. The van der Waals surface area contributed by atoms with Gasteiger partial charge in [0.25, 0.3) is 0 Å². The van der Waals surface area contributed by atoms with Crippen molar-refractivity contribution in [3.63, 3.8) is 0 Å². The molecule has 124 valence electrons. The lowest BCUT2D eigenvalue weighted by Gasteiger charge is -2.08. The summed E-state index contributed by atoms with van der Waals surface area (Å²) in [6, 6.07) is 7.37. The van der Waals surface area contributed by atoms with Gasteiger partial charge in [0.2, 0.25) is 5.91 Å². The molecule has 0 aliphatic carbocycles. The first-order valence-corrected chi connectivity index (χ1v) is 9.30. The summed E-state index contributed by atoms with van der Waals surface area (Å²) in [7, 11) is 0. The van der Waals surface area contributed by atoms with Crippen molar-refractivity contribution >= 4 is 62.1 Å². The van der Waals surface area contributed by atoms with Crippen LogP contribution in [-0.4, -0.2) is 26.6 Å². The first-order chi connectivity index (χ1) is 11.4. The maximum absolute atomic E-state index is 12.1. The Labute approximate surface area is 156 Å². The van der Waals surface area contributed by atoms with E-state index in [1.807, 2.05) is 32.0 Å². The van der Waals surface area contributed by atoms with Gasteiger partial charge in [-0.05, 0) is 53.5 Å². The maximum atomic E-state index is 12.1. The maximum Gasteiger partial charge on any atom is 0.234 e. The number of aryl methyl sites for hydroxylation is 1. The summed E-state index contributed by atoms with van der Waals surface area (Å²) >= 11 is 10.8. The Kier molecular flexibility index (Phi) is 5.12. The molecule has 24 heavy (non-hydrogen) atoms. The Hall–Kier alpha value is -1.57. The lowest BCUT2D eigenvalue weighted by atomic mass is 10.2. The molecule has 5 nitrogen and oxygen atoms in total. The highest BCUT2D eigenvalue weighted by Crippen LogP contribution is 2.25. The van der Waals surface area contributed by atoms with Crippen LogP contribution in [0.3, 0.4) is 0 Å². The van der Waals surface area contributed by atoms with Crippen LogP contribution in [0.5, 0.6) is 0 Å². The van der Waals surface area contributed by atoms with E-state index in [-0.39, 0.29) is 11.7 Å². The lowest BCUT2D eigenvalue weighted by molar-refractivity contribution is -0.113. The average molecular weight is 426 g/mol. The van der Waals surface area contributed by atoms with Crippen molar-refractivity contribution < 1.29 is 4.79 Å². The first-order valence-electron chi connectivity index (χ1n) is 7.14. The molecule has 0 unspecified atom stereocenters. The highest BCUT2D eigenvalue weighted by molar-refractivity contribution is 9.10. The van der Waals surface area contributed by atoms with Crippen LogP contribution in [0.25, 0.3) is 11.2 Å². The van der Waals surface area contributed by atoms with Gasteiger partial charge >= 0.3 is 0 Å². The SMILES string of the molecule is Cc1nc2nc(SCC(=O)Nc3cccc(Cl)c3C)[nH]c2cc1Br. The number of nitrogens with one attached hydrogen (secondary N) is 2. The molecule has 2 aromatic heterocycles. The molecule has 0 spiro atoms. The van der Waals surface area contributed by atoms with E-state index in [9.17, 15) is 4.79 Å². The van der Waals surface area contributed by atoms with E-state index in [1.54, 1.807) is 6.07 Å². The summed E-state index contributed by atoms with van der Waals surface area (Å²) < 4.78 is 0.921. The highest BCUT2D eigenvalue weighted by atomic mass is 79.9. The van der Waals surface area contributed by atoms with Crippen LogP contribution >= 0.6 is 39.3 Å². The largest absolute Gasteiger partial charge is 0.331 e. The Morgan fingerprint density at radius 1 is 1.38 bits per heavy atom. The van der Waals surface area contributed by atoms with Gasteiger partial charge in [-0.3, -0.25) is 4.79 Å². The number of fused-ring (bicyclic) bond motifs is 1. The fraction of sp³-hybridized carbons (Fsp3) is 0.188. The van der Waals surface area contributed by atoms with Gasteiger partial charge in [0.1, 0.15) is 0 Å². The van der Waals surface area contributed by atoms with Crippen molar-refractivity contribution in [3.8, 4) is 0 Å². The number of H-pyrrole nitrogens is 1. The predicted octanol–water partition coefficient (Wildman–Crippen LogP) is 4.72. The number of thioether (sulfide) groups is 1. The van der Waals surface area contributed by atoms with Crippen LogP contribution in [0.4, 0.5) is 5.69 Å². The lowest BCUT2D eigenvalue weighted by Crippen LogP contribution is -2.15. The molecular weight excluding hydrogens is 412 g/mol. The molecule has 8 heteroatoms. The number of imidazole rings is 1. The van der Waals surface area contributed by atoms with E-state index in [1.165, 1.54) is 11.8 Å². The third kappa shape index (κ3) is 3.74. The number of halogens is 2. The van der Waals surface area contributed by atoms with Gasteiger partial charge in [-0.1, -0.05) is 29.4 Å². The van der Waals surface area contributed by atoms with Crippen LogP contribution in [0, 0.1) is 13.8 Å². The van der Waals surface area contributed by atoms with Crippen molar-refractivity contribution in [2.24, 2.45) is 0 Å². The first kappa shape index (κ1) is 17.3. The number of nitrogens with zero attached hydrogens (tertiary/aromatic N) is 2. The highest BCUT2D eigenvalue weighted by Gasteiger charge is 2.11. The Morgan fingerprint density at radius 3 is 2.96 bits per heavy atom. The van der Waals surface area contributed by atoms with E-state index in [0.717, 1.165) is 26.9 Å². The summed E-state index contributed by atoms with van der Waals surface area (Å²) in [5.74, 6) is 0.127. The Bertz CT molecular complexity index is 889. The zero-order chi connectivity index (χ0) is 17.3. The molecule has 2 heterocycles. The molecule has 1 aromatic carbocycles. The van der Waals surface area contributed by atoms with Crippen LogP contribution in [0.15, 0.2) is 33.9 Å². The van der Waals surface area contributed by atoms with Gasteiger partial charge in [-0.25, -0.2) is 9.97 Å². The molecule has 3 aromatic rings. The monoisotopic (exact) mass is 424 g/mol. The number of hydrogen-bond acceptors (Lipinski definition) is 4. The van der Waals surface area contributed by atoms with Gasteiger partial charge in [0.15, 0.2) is 10.8 Å². The number of aromatic nitrogens is 3. The quantitative estimate of drug-likeness (QED) is 0.593. The fourth-order valence-electron chi connectivity index (χ4n) is 2.12. The van der Waals surface area contributed by atoms with Crippen LogP contribution in [0.1, 0.15) is 11.3 Å². The number of pyridine rings is 1. The molecule has 1 amide bonds. The van der Waals surface area contributed by atoms with Crippen LogP contribution in [-0.2, 0) is 4.79 Å². The molecule has 2 N–H and O–H groups in total. The van der Waals surface area contributed by atoms with E-state index in [4.69, 9.17) is 11.6 Å². The van der Waals surface area contributed by atoms with E-state index in [2.05, 4.69) is 36.2 Å². The standard InChI is InChI=1S/C16H14BrClN4OS/c1-8-11(18)4-3-5-12(8)20-14(23)7-24-16-21-13-6-10(17)9(2)19-15(13)22-16/h3-6H,7H2,1-2H3,(H,20,23)(H,19,21,22). The van der Waals surface area contributed by atoms with Crippen molar-refractivity contribution in [1.82, 2.24) is 15.0 Å². The number of benzene rings is 1. The summed E-state index contributed by atoms with van der Waals surface area (Å²) in [6.45, 7) is 3.78. The second-order valence-electron chi connectivity index (χ2n) is 5.22. The van der Waals surface area contributed by atoms with Gasteiger partial charge in [0, 0.05) is 15.2 Å². The van der Waals surface area contributed by atoms with Crippen molar-refractivity contribution in [3.05, 3.63) is 45.0 Å². The number of aromatic amines is 1. The van der Waals surface area contributed by atoms with Gasteiger partial charge in [-0.2, -0.15) is 0 Å². The molecule has 3 rings (SSSR count). The molecule has 0 bridgehead atoms.